The van der Waals surface area contributed by atoms with Crippen LogP contribution >= 0.6 is 11.3 Å². The second-order valence-corrected chi connectivity index (χ2v) is 4.60. The van der Waals surface area contributed by atoms with Gasteiger partial charge in [-0.1, -0.05) is 6.92 Å². The fourth-order valence-corrected chi connectivity index (χ4v) is 1.69. The van der Waals surface area contributed by atoms with Crippen LogP contribution in [0, 0.1) is 5.92 Å². The average Bonchev–Trinajstić information content (AvgIpc) is 2.76. The van der Waals surface area contributed by atoms with Gasteiger partial charge in [-0.25, -0.2) is 9.78 Å². The third-order valence-corrected chi connectivity index (χ3v) is 2.80. The molecule has 0 radical (unpaired) electrons. The minimum Gasteiger partial charge on any atom is -0.481 e. The molecule has 7 heteroatoms. The SMILES string of the molecule is CC(CCC(=O)O)CNC(=O)Nc1nccs1. The normalized spacial score (nSPS) is 11.8. The van der Waals surface area contributed by atoms with Gasteiger partial charge >= 0.3 is 12.0 Å². The minimum absolute atomic E-state index is 0.122. The molecule has 0 aliphatic carbocycles. The summed E-state index contributed by atoms with van der Waals surface area (Å²) in [6.07, 6.45) is 2.28. The third kappa shape index (κ3) is 5.86. The Kier molecular flexibility index (Phi) is 5.41. The van der Waals surface area contributed by atoms with Crippen molar-refractivity contribution < 1.29 is 14.7 Å². The number of thiazole rings is 1. The highest BCUT2D eigenvalue weighted by molar-refractivity contribution is 7.13. The predicted molar refractivity (Wildman–Crippen MR) is 65.2 cm³/mol. The smallest absolute Gasteiger partial charge is 0.321 e. The summed E-state index contributed by atoms with van der Waals surface area (Å²) in [6, 6.07) is -0.317. The Morgan fingerprint density at radius 1 is 1.59 bits per heavy atom. The summed E-state index contributed by atoms with van der Waals surface area (Å²) < 4.78 is 0. The highest BCUT2D eigenvalue weighted by atomic mass is 32.1. The standard InChI is InChI=1S/C10H15N3O3S/c1-7(2-3-8(14)15)6-12-9(16)13-10-11-4-5-17-10/h4-5,7H,2-3,6H2,1H3,(H,14,15)(H2,11,12,13,16). The lowest BCUT2D eigenvalue weighted by atomic mass is 10.1. The quantitative estimate of drug-likeness (QED) is 0.724. The first-order chi connectivity index (χ1) is 8.08. The molecule has 17 heavy (non-hydrogen) atoms. The van der Waals surface area contributed by atoms with Gasteiger partial charge in [-0.05, 0) is 12.3 Å². The van der Waals surface area contributed by atoms with E-state index in [1.54, 1.807) is 11.6 Å². The van der Waals surface area contributed by atoms with Crippen LogP contribution in [0.15, 0.2) is 11.6 Å². The number of rotatable bonds is 6. The Morgan fingerprint density at radius 2 is 2.35 bits per heavy atom. The molecule has 0 aliphatic rings. The molecule has 0 aromatic carbocycles. The first kappa shape index (κ1) is 13.4. The monoisotopic (exact) mass is 257 g/mol. The van der Waals surface area contributed by atoms with E-state index in [-0.39, 0.29) is 18.4 Å². The van der Waals surface area contributed by atoms with E-state index >= 15 is 0 Å². The molecule has 0 aliphatic heterocycles. The van der Waals surface area contributed by atoms with Crippen LogP contribution in [0.1, 0.15) is 19.8 Å². The Morgan fingerprint density at radius 3 is 2.94 bits per heavy atom. The molecular formula is C10H15N3O3S. The van der Waals surface area contributed by atoms with Gasteiger partial charge < -0.3 is 10.4 Å². The molecule has 0 fully saturated rings. The first-order valence-corrected chi connectivity index (χ1v) is 6.12. The van der Waals surface area contributed by atoms with E-state index < -0.39 is 5.97 Å². The maximum absolute atomic E-state index is 11.4. The van der Waals surface area contributed by atoms with Crippen LogP contribution in [0.5, 0.6) is 0 Å². The van der Waals surface area contributed by atoms with Crippen molar-refractivity contribution in [2.45, 2.75) is 19.8 Å². The van der Waals surface area contributed by atoms with E-state index in [0.717, 1.165) is 0 Å². The first-order valence-electron chi connectivity index (χ1n) is 5.24. The van der Waals surface area contributed by atoms with Crippen molar-refractivity contribution in [3.05, 3.63) is 11.6 Å². The zero-order valence-corrected chi connectivity index (χ0v) is 10.3. The number of urea groups is 1. The number of carboxylic acid groups (broad SMARTS) is 1. The Balaban J connectivity index is 2.17. The summed E-state index contributed by atoms with van der Waals surface area (Å²) >= 11 is 1.34. The van der Waals surface area contributed by atoms with Crippen LogP contribution in [-0.4, -0.2) is 28.6 Å². The number of carbonyl (C=O) groups is 2. The van der Waals surface area contributed by atoms with Crippen molar-refractivity contribution >= 4 is 28.5 Å². The molecule has 6 nitrogen and oxygen atoms in total. The second-order valence-electron chi connectivity index (χ2n) is 3.71. The van der Waals surface area contributed by atoms with E-state index in [4.69, 9.17) is 5.11 Å². The zero-order chi connectivity index (χ0) is 12.7. The molecule has 1 aromatic rings. The highest BCUT2D eigenvalue weighted by Gasteiger charge is 2.08. The molecule has 1 unspecified atom stereocenters. The fraction of sp³-hybridized carbons (Fsp3) is 0.500. The minimum atomic E-state index is -0.816. The topological polar surface area (TPSA) is 91.3 Å². The van der Waals surface area contributed by atoms with Crippen molar-refractivity contribution in [1.29, 1.82) is 0 Å². The van der Waals surface area contributed by atoms with Crippen LogP contribution in [-0.2, 0) is 4.79 Å². The molecule has 1 atom stereocenters. The van der Waals surface area contributed by atoms with Crippen LogP contribution in [0.2, 0.25) is 0 Å². The molecule has 0 saturated heterocycles. The van der Waals surface area contributed by atoms with Crippen LogP contribution in [0.3, 0.4) is 0 Å². The highest BCUT2D eigenvalue weighted by Crippen LogP contribution is 2.09. The van der Waals surface area contributed by atoms with Crippen LogP contribution < -0.4 is 10.6 Å². The van der Waals surface area contributed by atoms with Crippen LogP contribution in [0.25, 0.3) is 0 Å². The van der Waals surface area contributed by atoms with Crippen molar-refractivity contribution in [2.75, 3.05) is 11.9 Å². The summed E-state index contributed by atoms with van der Waals surface area (Å²) in [4.78, 5) is 25.6. The van der Waals surface area contributed by atoms with Gasteiger partial charge in [0.1, 0.15) is 0 Å². The van der Waals surface area contributed by atoms with E-state index in [9.17, 15) is 9.59 Å². The molecular weight excluding hydrogens is 242 g/mol. The van der Waals surface area contributed by atoms with Gasteiger partial charge in [-0.3, -0.25) is 10.1 Å². The Bertz CT molecular complexity index is 367. The summed E-state index contributed by atoms with van der Waals surface area (Å²) in [7, 11) is 0. The number of carbonyl (C=O) groups excluding carboxylic acids is 1. The number of nitrogens with zero attached hydrogens (tertiary/aromatic N) is 1. The van der Waals surface area contributed by atoms with E-state index in [2.05, 4.69) is 15.6 Å². The average molecular weight is 257 g/mol. The van der Waals surface area contributed by atoms with E-state index in [1.165, 1.54) is 11.3 Å². The molecule has 94 valence electrons. The number of carboxylic acids is 1. The fourth-order valence-electron chi connectivity index (χ4n) is 1.17. The molecule has 0 spiro atoms. The number of anilines is 1. The van der Waals surface area contributed by atoms with E-state index in [1.807, 2.05) is 6.92 Å². The lowest BCUT2D eigenvalue weighted by Gasteiger charge is -2.11. The predicted octanol–water partition coefficient (Wildman–Crippen LogP) is 1.77. The number of aliphatic carboxylic acids is 1. The largest absolute Gasteiger partial charge is 0.481 e. The molecule has 0 saturated carbocycles. The maximum atomic E-state index is 11.4. The summed E-state index contributed by atoms with van der Waals surface area (Å²) in [5.41, 5.74) is 0. The van der Waals surface area contributed by atoms with Gasteiger partial charge in [-0.2, -0.15) is 0 Å². The van der Waals surface area contributed by atoms with Crippen molar-refractivity contribution in [1.82, 2.24) is 10.3 Å². The van der Waals surface area contributed by atoms with Gasteiger partial charge in [0, 0.05) is 24.5 Å². The van der Waals surface area contributed by atoms with Crippen molar-refractivity contribution in [3.8, 4) is 0 Å². The number of aromatic nitrogens is 1. The van der Waals surface area contributed by atoms with Gasteiger partial charge in [0.2, 0.25) is 0 Å². The Hall–Kier alpha value is -1.63. The molecule has 1 rings (SSSR count). The molecule has 1 heterocycles. The van der Waals surface area contributed by atoms with Gasteiger partial charge in [-0.15, -0.1) is 11.3 Å². The molecule has 1 aromatic heterocycles. The molecule has 3 N–H and O–H groups in total. The maximum Gasteiger partial charge on any atom is 0.321 e. The summed E-state index contributed by atoms with van der Waals surface area (Å²) in [6.45, 7) is 2.34. The summed E-state index contributed by atoms with van der Waals surface area (Å²) in [5.74, 6) is -0.683. The van der Waals surface area contributed by atoms with Crippen molar-refractivity contribution in [2.24, 2.45) is 5.92 Å². The van der Waals surface area contributed by atoms with E-state index in [0.29, 0.717) is 18.1 Å². The number of hydrogen-bond acceptors (Lipinski definition) is 4. The van der Waals surface area contributed by atoms with Gasteiger partial charge in [0.15, 0.2) is 5.13 Å². The number of nitrogens with one attached hydrogen (secondary N) is 2. The molecule has 2 amide bonds. The second kappa shape index (κ2) is 6.85. The third-order valence-electron chi connectivity index (χ3n) is 2.11. The van der Waals surface area contributed by atoms with Crippen molar-refractivity contribution in [3.63, 3.8) is 0 Å². The lowest BCUT2D eigenvalue weighted by molar-refractivity contribution is -0.137. The zero-order valence-electron chi connectivity index (χ0n) is 9.47. The number of hydrogen-bond donors (Lipinski definition) is 3. The summed E-state index contributed by atoms with van der Waals surface area (Å²) in [5, 5.41) is 16.1. The molecule has 0 bridgehead atoms. The van der Waals surface area contributed by atoms with Crippen LogP contribution in [0.4, 0.5) is 9.93 Å². The van der Waals surface area contributed by atoms with Gasteiger partial charge in [0.25, 0.3) is 0 Å². The Labute approximate surface area is 103 Å². The van der Waals surface area contributed by atoms with Gasteiger partial charge in [0.05, 0.1) is 0 Å². The lowest BCUT2D eigenvalue weighted by Crippen LogP contribution is -2.32. The number of amides is 2.